The minimum Gasteiger partial charge on any atom is -0.350 e. The molecule has 0 bridgehead atoms. The summed E-state index contributed by atoms with van der Waals surface area (Å²) in [7, 11) is 1.71. The molecule has 0 aliphatic rings. The lowest BCUT2D eigenvalue weighted by Crippen LogP contribution is -2.38. The molecule has 1 heterocycles. The van der Waals surface area contributed by atoms with Gasteiger partial charge in [0, 0.05) is 18.6 Å². The summed E-state index contributed by atoms with van der Waals surface area (Å²) in [6, 6.07) is 5.22. The predicted octanol–water partition coefficient (Wildman–Crippen LogP) is 3.02. The van der Waals surface area contributed by atoms with Gasteiger partial charge >= 0.3 is 0 Å². The van der Waals surface area contributed by atoms with Gasteiger partial charge in [0.25, 0.3) is 0 Å². The molecule has 0 fully saturated rings. The monoisotopic (exact) mass is 306 g/mol. The van der Waals surface area contributed by atoms with Crippen LogP contribution >= 0.6 is 11.3 Å². The first-order valence-corrected chi connectivity index (χ1v) is 7.59. The summed E-state index contributed by atoms with van der Waals surface area (Å²) in [5, 5.41) is 9.36. The number of guanidine groups is 1. The van der Waals surface area contributed by atoms with Crippen LogP contribution in [0.4, 0.5) is 4.39 Å². The van der Waals surface area contributed by atoms with E-state index in [4.69, 9.17) is 0 Å². The van der Waals surface area contributed by atoms with Crippen molar-refractivity contribution in [2.24, 2.45) is 4.99 Å². The molecule has 2 rings (SSSR count). The van der Waals surface area contributed by atoms with E-state index in [1.807, 2.05) is 18.4 Å². The third kappa shape index (κ3) is 4.26. The zero-order valence-corrected chi connectivity index (χ0v) is 13.2. The topological polar surface area (TPSA) is 49.3 Å². The first-order valence-electron chi connectivity index (χ1n) is 6.71. The van der Waals surface area contributed by atoms with Gasteiger partial charge in [-0.3, -0.25) is 4.99 Å². The van der Waals surface area contributed by atoms with Crippen molar-refractivity contribution in [1.82, 2.24) is 15.6 Å². The fraction of sp³-hybridized carbons (Fsp3) is 0.333. The molecule has 1 aromatic heterocycles. The predicted molar refractivity (Wildman–Crippen MR) is 85.0 cm³/mol. The Hall–Kier alpha value is -1.95. The largest absolute Gasteiger partial charge is 0.350 e. The Morgan fingerprint density at radius 3 is 2.90 bits per heavy atom. The summed E-state index contributed by atoms with van der Waals surface area (Å²) in [6.07, 6.45) is 1.77. The molecule has 1 atom stereocenters. The second kappa shape index (κ2) is 7.17. The maximum absolute atomic E-state index is 13.6. The molecule has 4 nitrogen and oxygen atoms in total. The van der Waals surface area contributed by atoms with Gasteiger partial charge in [-0.2, -0.15) is 0 Å². The van der Waals surface area contributed by atoms with Crippen molar-refractivity contribution in [3.8, 4) is 0 Å². The molecule has 2 N–H and O–H groups in total. The van der Waals surface area contributed by atoms with E-state index in [9.17, 15) is 4.39 Å². The number of nitrogens with zero attached hydrogens (tertiary/aromatic N) is 2. The second-order valence-corrected chi connectivity index (χ2v) is 5.71. The highest BCUT2D eigenvalue weighted by Crippen LogP contribution is 2.16. The summed E-state index contributed by atoms with van der Waals surface area (Å²) in [5.41, 5.74) is 1.53. The number of hydrogen-bond acceptors (Lipinski definition) is 3. The van der Waals surface area contributed by atoms with Gasteiger partial charge in [-0.25, -0.2) is 9.37 Å². The van der Waals surface area contributed by atoms with Crippen LogP contribution in [0, 0.1) is 12.7 Å². The van der Waals surface area contributed by atoms with Crippen molar-refractivity contribution >= 4 is 17.3 Å². The molecule has 0 radical (unpaired) electrons. The average Bonchev–Trinajstić information content (AvgIpc) is 2.99. The van der Waals surface area contributed by atoms with E-state index in [0.717, 1.165) is 10.6 Å². The van der Waals surface area contributed by atoms with Crippen molar-refractivity contribution < 1.29 is 4.39 Å². The molecule has 1 aromatic carbocycles. The molecule has 0 aliphatic heterocycles. The van der Waals surface area contributed by atoms with Crippen LogP contribution in [-0.2, 0) is 6.54 Å². The van der Waals surface area contributed by atoms with Gasteiger partial charge in [0.05, 0.1) is 12.6 Å². The van der Waals surface area contributed by atoms with Crippen LogP contribution in [-0.4, -0.2) is 18.0 Å². The van der Waals surface area contributed by atoms with Crippen LogP contribution in [0.15, 0.2) is 34.8 Å². The maximum atomic E-state index is 13.6. The number of aromatic nitrogens is 1. The normalized spacial score (nSPS) is 13.0. The lowest BCUT2D eigenvalue weighted by Gasteiger charge is -2.18. The number of aryl methyl sites for hydroxylation is 1. The Kier molecular flexibility index (Phi) is 5.27. The highest BCUT2D eigenvalue weighted by atomic mass is 32.1. The van der Waals surface area contributed by atoms with Gasteiger partial charge in [0.2, 0.25) is 0 Å². The fourth-order valence-electron chi connectivity index (χ4n) is 1.86. The van der Waals surface area contributed by atoms with Gasteiger partial charge in [-0.05, 0) is 31.0 Å². The summed E-state index contributed by atoms with van der Waals surface area (Å²) in [5.74, 6) is 0.477. The molecule has 1 unspecified atom stereocenters. The minimum absolute atomic E-state index is 0.0393. The van der Waals surface area contributed by atoms with E-state index in [-0.39, 0.29) is 11.9 Å². The van der Waals surface area contributed by atoms with Crippen LogP contribution in [0.5, 0.6) is 0 Å². The Bertz CT molecular complexity index is 610. The molecule has 21 heavy (non-hydrogen) atoms. The molecule has 2 aromatic rings. The first-order chi connectivity index (χ1) is 10.1. The second-order valence-electron chi connectivity index (χ2n) is 4.73. The van der Waals surface area contributed by atoms with Gasteiger partial charge in [-0.15, -0.1) is 11.3 Å². The zero-order valence-electron chi connectivity index (χ0n) is 12.4. The van der Waals surface area contributed by atoms with E-state index in [2.05, 4.69) is 20.6 Å². The average molecular weight is 306 g/mol. The SMILES string of the molecule is CN=C(NCc1nccs1)NC(C)c1ccc(C)c(F)c1. The van der Waals surface area contributed by atoms with Crippen molar-refractivity contribution in [1.29, 1.82) is 0 Å². The zero-order chi connectivity index (χ0) is 15.2. The van der Waals surface area contributed by atoms with Crippen LogP contribution in [0.2, 0.25) is 0 Å². The van der Waals surface area contributed by atoms with Crippen molar-refractivity contribution in [2.75, 3.05) is 7.05 Å². The molecule has 0 amide bonds. The van der Waals surface area contributed by atoms with Crippen molar-refractivity contribution in [3.05, 3.63) is 51.7 Å². The molecular formula is C15H19FN4S. The molecule has 0 saturated heterocycles. The molecule has 112 valence electrons. The summed E-state index contributed by atoms with van der Waals surface area (Å²) in [6.45, 7) is 4.35. The molecule has 6 heteroatoms. The molecule has 0 spiro atoms. The quantitative estimate of drug-likeness (QED) is 0.674. The van der Waals surface area contributed by atoms with Crippen molar-refractivity contribution in [3.63, 3.8) is 0 Å². The van der Waals surface area contributed by atoms with Gasteiger partial charge in [0.1, 0.15) is 10.8 Å². The fourth-order valence-corrected chi connectivity index (χ4v) is 2.42. The Morgan fingerprint density at radius 1 is 1.48 bits per heavy atom. The first kappa shape index (κ1) is 15.4. The molecule has 0 saturated carbocycles. The van der Waals surface area contributed by atoms with Crippen LogP contribution in [0.3, 0.4) is 0 Å². The number of hydrogen-bond donors (Lipinski definition) is 2. The minimum atomic E-state index is -0.188. The van der Waals surface area contributed by atoms with E-state index in [1.165, 1.54) is 0 Å². The lowest BCUT2D eigenvalue weighted by atomic mass is 10.1. The molecular weight excluding hydrogens is 287 g/mol. The summed E-state index contributed by atoms with van der Waals surface area (Å²) < 4.78 is 13.6. The van der Waals surface area contributed by atoms with E-state index < -0.39 is 0 Å². The smallest absolute Gasteiger partial charge is 0.191 e. The standard InChI is InChI=1S/C15H19FN4S/c1-10-4-5-12(8-13(10)16)11(2)20-15(17-3)19-9-14-18-6-7-21-14/h4-8,11H,9H2,1-3H3,(H2,17,19,20). The summed E-state index contributed by atoms with van der Waals surface area (Å²) in [4.78, 5) is 8.38. The molecule has 0 aliphatic carbocycles. The Labute approximate surface area is 128 Å². The van der Waals surface area contributed by atoms with E-state index >= 15 is 0 Å². The summed E-state index contributed by atoms with van der Waals surface area (Å²) >= 11 is 1.59. The highest BCUT2D eigenvalue weighted by molar-refractivity contribution is 7.09. The number of rotatable bonds is 4. The van der Waals surface area contributed by atoms with Crippen LogP contribution in [0.25, 0.3) is 0 Å². The third-order valence-corrected chi connectivity index (χ3v) is 3.94. The van der Waals surface area contributed by atoms with Crippen LogP contribution in [0.1, 0.15) is 29.1 Å². The number of benzene rings is 1. The van der Waals surface area contributed by atoms with E-state index in [0.29, 0.717) is 18.1 Å². The van der Waals surface area contributed by atoms with E-state index in [1.54, 1.807) is 43.6 Å². The number of aliphatic imine (C=N–C) groups is 1. The van der Waals surface area contributed by atoms with Gasteiger partial charge < -0.3 is 10.6 Å². The number of nitrogens with one attached hydrogen (secondary N) is 2. The Balaban J connectivity index is 1.95. The van der Waals surface area contributed by atoms with Gasteiger partial charge in [0.15, 0.2) is 5.96 Å². The maximum Gasteiger partial charge on any atom is 0.191 e. The third-order valence-electron chi connectivity index (χ3n) is 3.16. The lowest BCUT2D eigenvalue weighted by molar-refractivity contribution is 0.607. The number of thiazole rings is 1. The van der Waals surface area contributed by atoms with Crippen molar-refractivity contribution in [2.45, 2.75) is 26.4 Å². The van der Waals surface area contributed by atoms with Gasteiger partial charge in [-0.1, -0.05) is 12.1 Å². The number of halogens is 1. The highest BCUT2D eigenvalue weighted by Gasteiger charge is 2.10. The van der Waals surface area contributed by atoms with Crippen LogP contribution < -0.4 is 10.6 Å². The Morgan fingerprint density at radius 2 is 2.29 bits per heavy atom.